The second-order valence-corrected chi connectivity index (χ2v) is 4.84. The van der Waals surface area contributed by atoms with Gasteiger partial charge in [-0.05, 0) is 42.3 Å². The van der Waals surface area contributed by atoms with Crippen LogP contribution in [0.3, 0.4) is 0 Å². The molecule has 3 aromatic rings. The Morgan fingerprint density at radius 1 is 1.10 bits per heavy atom. The van der Waals surface area contributed by atoms with Crippen LogP contribution in [0.1, 0.15) is 18.1 Å². The summed E-state index contributed by atoms with van der Waals surface area (Å²) in [4.78, 5) is 7.22. The summed E-state index contributed by atoms with van der Waals surface area (Å²) in [6.07, 6.45) is -2.00. The lowest BCUT2D eigenvalue weighted by atomic mass is 9.99. The topological polar surface area (TPSA) is 28.7 Å². The Labute approximate surface area is 119 Å². The van der Waals surface area contributed by atoms with Crippen molar-refractivity contribution < 1.29 is 13.2 Å². The summed E-state index contributed by atoms with van der Waals surface area (Å²) in [7, 11) is 0. The first-order chi connectivity index (χ1) is 9.99. The largest absolute Gasteiger partial charge is 0.417 e. The van der Waals surface area contributed by atoms with Gasteiger partial charge in [-0.25, -0.2) is 4.98 Å². The molecule has 0 aliphatic carbocycles. The van der Waals surface area contributed by atoms with Gasteiger partial charge in [0.05, 0.1) is 11.3 Å². The van der Waals surface area contributed by atoms with Crippen LogP contribution in [0.15, 0.2) is 42.6 Å². The Morgan fingerprint density at radius 3 is 2.62 bits per heavy atom. The second kappa shape index (κ2) is 4.91. The van der Waals surface area contributed by atoms with E-state index in [0.29, 0.717) is 17.8 Å². The molecular weight excluding hydrogens is 277 g/mol. The predicted molar refractivity (Wildman–Crippen MR) is 75.9 cm³/mol. The van der Waals surface area contributed by atoms with Crippen LogP contribution in [0.4, 0.5) is 13.2 Å². The van der Waals surface area contributed by atoms with Crippen LogP contribution in [0.5, 0.6) is 0 Å². The molecule has 0 amide bonds. The van der Waals surface area contributed by atoms with Crippen molar-refractivity contribution in [3.05, 3.63) is 53.7 Å². The number of fused-ring (bicyclic) bond motifs is 1. The van der Waals surface area contributed by atoms with E-state index in [1.165, 1.54) is 6.07 Å². The Balaban J connectivity index is 2.23. The van der Waals surface area contributed by atoms with Gasteiger partial charge in [-0.2, -0.15) is 13.2 Å². The van der Waals surface area contributed by atoms with Crippen molar-refractivity contribution in [2.24, 2.45) is 0 Å². The van der Waals surface area contributed by atoms with Gasteiger partial charge in [-0.15, -0.1) is 0 Å². The number of aromatic nitrogens is 2. The maximum atomic E-state index is 13.2. The van der Waals surface area contributed by atoms with Crippen molar-refractivity contribution >= 4 is 11.0 Å². The highest BCUT2D eigenvalue weighted by Crippen LogP contribution is 2.37. The van der Waals surface area contributed by atoms with Gasteiger partial charge in [0.15, 0.2) is 0 Å². The molecule has 2 aromatic heterocycles. The van der Waals surface area contributed by atoms with Gasteiger partial charge in [-0.1, -0.05) is 13.0 Å². The highest BCUT2D eigenvalue weighted by atomic mass is 19.4. The van der Waals surface area contributed by atoms with Crippen molar-refractivity contribution in [2.45, 2.75) is 19.5 Å². The second-order valence-electron chi connectivity index (χ2n) is 4.84. The van der Waals surface area contributed by atoms with Crippen LogP contribution in [0, 0.1) is 0 Å². The molecule has 2 heterocycles. The fourth-order valence-corrected chi connectivity index (χ4v) is 2.35. The van der Waals surface area contributed by atoms with Gasteiger partial charge in [0.1, 0.15) is 5.65 Å². The van der Waals surface area contributed by atoms with Crippen LogP contribution >= 0.6 is 0 Å². The van der Waals surface area contributed by atoms with E-state index in [4.69, 9.17) is 0 Å². The molecule has 0 spiro atoms. The number of hydrogen-bond acceptors (Lipinski definition) is 1. The van der Waals surface area contributed by atoms with Gasteiger partial charge in [-0.3, -0.25) is 0 Å². The number of nitrogens with zero attached hydrogens (tertiary/aromatic N) is 1. The number of hydrogen-bond donors (Lipinski definition) is 1. The van der Waals surface area contributed by atoms with Crippen LogP contribution in [0.2, 0.25) is 0 Å². The summed E-state index contributed by atoms with van der Waals surface area (Å²) in [5, 5.41) is 0.874. The normalized spacial score (nSPS) is 12.0. The number of nitrogens with one attached hydrogen (secondary N) is 1. The maximum Gasteiger partial charge on any atom is 0.417 e. The third-order valence-corrected chi connectivity index (χ3v) is 3.48. The Hall–Kier alpha value is -2.30. The molecule has 3 rings (SSSR count). The minimum atomic E-state index is -4.39. The third kappa shape index (κ3) is 2.51. The van der Waals surface area contributed by atoms with E-state index >= 15 is 0 Å². The number of pyridine rings is 1. The van der Waals surface area contributed by atoms with Crippen molar-refractivity contribution in [3.63, 3.8) is 0 Å². The van der Waals surface area contributed by atoms with E-state index in [9.17, 15) is 13.2 Å². The molecule has 2 nitrogen and oxygen atoms in total. The smallest absolute Gasteiger partial charge is 0.346 e. The molecule has 0 fully saturated rings. The molecule has 108 valence electrons. The van der Waals surface area contributed by atoms with Gasteiger partial charge in [0.25, 0.3) is 0 Å². The molecular formula is C16H13F3N2. The zero-order valence-electron chi connectivity index (χ0n) is 11.3. The van der Waals surface area contributed by atoms with Crippen molar-refractivity contribution in [3.8, 4) is 11.3 Å². The lowest BCUT2D eigenvalue weighted by Gasteiger charge is -2.14. The number of benzene rings is 1. The summed E-state index contributed by atoms with van der Waals surface area (Å²) >= 11 is 0. The van der Waals surface area contributed by atoms with Gasteiger partial charge in [0.2, 0.25) is 0 Å². The van der Waals surface area contributed by atoms with Crippen molar-refractivity contribution in [1.29, 1.82) is 0 Å². The Kier molecular flexibility index (Phi) is 3.20. The molecule has 1 aromatic carbocycles. The van der Waals surface area contributed by atoms with Crippen LogP contribution in [-0.4, -0.2) is 9.97 Å². The number of H-pyrrole nitrogens is 1. The predicted octanol–water partition coefficient (Wildman–Crippen LogP) is 4.81. The summed E-state index contributed by atoms with van der Waals surface area (Å²) in [6, 6.07) is 9.44. The zero-order chi connectivity index (χ0) is 15.0. The molecule has 0 bridgehead atoms. The molecule has 0 aliphatic heterocycles. The molecule has 0 unspecified atom stereocenters. The van der Waals surface area contributed by atoms with E-state index in [1.54, 1.807) is 24.4 Å². The summed E-state index contributed by atoms with van der Waals surface area (Å²) in [5.74, 6) is 0. The number of alkyl halides is 3. The molecule has 0 saturated carbocycles. The van der Waals surface area contributed by atoms with Gasteiger partial charge >= 0.3 is 6.18 Å². The monoisotopic (exact) mass is 290 g/mol. The number of aromatic amines is 1. The summed E-state index contributed by atoms with van der Waals surface area (Å²) in [6.45, 7) is 1.91. The fraction of sp³-hybridized carbons (Fsp3) is 0.188. The quantitative estimate of drug-likeness (QED) is 0.720. The molecule has 5 heteroatoms. The lowest BCUT2D eigenvalue weighted by molar-refractivity contribution is -0.137. The fourth-order valence-electron chi connectivity index (χ4n) is 2.35. The number of halogens is 3. The maximum absolute atomic E-state index is 13.2. The first-order valence-corrected chi connectivity index (χ1v) is 6.63. The number of aryl methyl sites for hydroxylation is 1. The minimum Gasteiger partial charge on any atom is -0.346 e. The molecule has 0 radical (unpaired) electrons. The van der Waals surface area contributed by atoms with Crippen LogP contribution < -0.4 is 0 Å². The van der Waals surface area contributed by atoms with E-state index in [-0.39, 0.29) is 5.56 Å². The van der Waals surface area contributed by atoms with Gasteiger partial charge < -0.3 is 4.98 Å². The molecule has 1 N–H and O–H groups in total. The van der Waals surface area contributed by atoms with E-state index in [2.05, 4.69) is 9.97 Å². The minimum absolute atomic E-state index is 0.123. The first-order valence-electron chi connectivity index (χ1n) is 6.63. The summed E-state index contributed by atoms with van der Waals surface area (Å²) < 4.78 is 39.6. The molecule has 0 aliphatic rings. The lowest BCUT2D eigenvalue weighted by Crippen LogP contribution is -2.08. The van der Waals surface area contributed by atoms with E-state index in [0.717, 1.165) is 17.0 Å². The molecule has 0 saturated heterocycles. The van der Waals surface area contributed by atoms with Gasteiger partial charge in [0, 0.05) is 17.1 Å². The highest BCUT2D eigenvalue weighted by Gasteiger charge is 2.34. The SMILES string of the molecule is CCc1ccc(C(F)(F)F)c(-c2ccc3cc[nH]c3n2)c1. The van der Waals surface area contributed by atoms with Crippen LogP contribution in [-0.2, 0) is 12.6 Å². The average Bonchev–Trinajstić information content (AvgIpc) is 2.93. The Morgan fingerprint density at radius 2 is 1.90 bits per heavy atom. The van der Waals surface area contributed by atoms with Crippen molar-refractivity contribution in [2.75, 3.05) is 0 Å². The molecule has 0 atom stereocenters. The standard InChI is InChI=1S/C16H13F3N2/c1-2-10-3-5-13(16(17,18)19)12(9-10)14-6-4-11-7-8-20-15(11)21-14/h3-9H,2H2,1H3,(H,20,21). The molecule has 21 heavy (non-hydrogen) atoms. The third-order valence-electron chi connectivity index (χ3n) is 3.48. The summed E-state index contributed by atoms with van der Waals surface area (Å²) in [5.41, 5.74) is 1.23. The van der Waals surface area contributed by atoms with E-state index < -0.39 is 11.7 Å². The average molecular weight is 290 g/mol. The highest BCUT2D eigenvalue weighted by molar-refractivity contribution is 5.79. The van der Waals surface area contributed by atoms with Crippen LogP contribution in [0.25, 0.3) is 22.3 Å². The Bertz CT molecular complexity index is 788. The zero-order valence-corrected chi connectivity index (χ0v) is 11.3. The van der Waals surface area contributed by atoms with E-state index in [1.807, 2.05) is 13.0 Å². The number of rotatable bonds is 2. The van der Waals surface area contributed by atoms with Crippen molar-refractivity contribution in [1.82, 2.24) is 9.97 Å². The first kappa shape index (κ1) is 13.7.